The van der Waals surface area contributed by atoms with Crippen LogP contribution in [0, 0.1) is 5.41 Å². The van der Waals surface area contributed by atoms with E-state index in [4.69, 9.17) is 20.6 Å². The Balaban J connectivity index is 2.31. The highest BCUT2D eigenvalue weighted by Gasteiger charge is 2.17. The molecule has 0 bridgehead atoms. The fourth-order valence-electron chi connectivity index (χ4n) is 1.14. The van der Waals surface area contributed by atoms with Gasteiger partial charge in [0, 0.05) is 12.5 Å². The zero-order chi connectivity index (χ0) is 11.3. The molecule has 1 heterocycles. The summed E-state index contributed by atoms with van der Waals surface area (Å²) in [4.78, 5) is 0. The number of hydrogen-bond acceptors (Lipinski definition) is 4. The van der Waals surface area contributed by atoms with Crippen LogP contribution in [0.2, 0.25) is 0 Å². The average molecular weight is 215 g/mol. The van der Waals surface area contributed by atoms with Gasteiger partial charge in [0.1, 0.15) is 11.9 Å². The van der Waals surface area contributed by atoms with Crippen molar-refractivity contribution in [2.24, 2.45) is 5.73 Å². The monoisotopic (exact) mass is 215 g/mol. The molecule has 0 unspecified atom stereocenters. The van der Waals surface area contributed by atoms with Gasteiger partial charge < -0.3 is 20.5 Å². The van der Waals surface area contributed by atoms with Gasteiger partial charge >= 0.3 is 0 Å². The fourth-order valence-corrected chi connectivity index (χ4v) is 1.14. The van der Waals surface area contributed by atoms with E-state index in [0.717, 1.165) is 12.5 Å². The SMILES string of the molecule is C=C(NC(F)=CC(=N)N)O[C@@H]1CCOC1. The van der Waals surface area contributed by atoms with E-state index >= 15 is 0 Å². The maximum Gasteiger partial charge on any atom is 0.197 e. The molecule has 1 fully saturated rings. The molecule has 1 atom stereocenters. The maximum atomic E-state index is 12.9. The van der Waals surface area contributed by atoms with Crippen LogP contribution in [-0.2, 0) is 9.47 Å². The lowest BCUT2D eigenvalue weighted by Crippen LogP contribution is -2.20. The molecule has 0 aromatic heterocycles. The smallest absolute Gasteiger partial charge is 0.197 e. The third kappa shape index (κ3) is 4.46. The number of hydrogen-bond donors (Lipinski definition) is 3. The van der Waals surface area contributed by atoms with E-state index in [-0.39, 0.29) is 17.8 Å². The van der Waals surface area contributed by atoms with Crippen molar-refractivity contribution in [3.8, 4) is 0 Å². The van der Waals surface area contributed by atoms with Crippen LogP contribution in [0.25, 0.3) is 0 Å². The second kappa shape index (κ2) is 5.35. The van der Waals surface area contributed by atoms with Crippen LogP contribution in [0.5, 0.6) is 0 Å². The maximum absolute atomic E-state index is 12.9. The first-order valence-corrected chi connectivity index (χ1v) is 4.49. The van der Waals surface area contributed by atoms with Crippen LogP contribution in [0.3, 0.4) is 0 Å². The first kappa shape index (κ1) is 11.5. The Morgan fingerprint density at radius 3 is 3.00 bits per heavy atom. The molecule has 6 heteroatoms. The van der Waals surface area contributed by atoms with Crippen molar-refractivity contribution in [1.82, 2.24) is 5.32 Å². The molecule has 1 rings (SSSR count). The summed E-state index contributed by atoms with van der Waals surface area (Å²) in [6.45, 7) is 4.61. The predicted molar refractivity (Wildman–Crippen MR) is 53.7 cm³/mol. The van der Waals surface area contributed by atoms with Crippen molar-refractivity contribution >= 4 is 5.84 Å². The summed E-state index contributed by atoms with van der Waals surface area (Å²) in [5.41, 5.74) is 4.97. The Morgan fingerprint density at radius 1 is 1.73 bits per heavy atom. The van der Waals surface area contributed by atoms with Gasteiger partial charge in [0.25, 0.3) is 0 Å². The average Bonchev–Trinajstić information content (AvgIpc) is 2.53. The van der Waals surface area contributed by atoms with Gasteiger partial charge in [0.05, 0.1) is 13.2 Å². The van der Waals surface area contributed by atoms with Crippen LogP contribution in [0.1, 0.15) is 6.42 Å². The number of halogens is 1. The largest absolute Gasteiger partial charge is 0.474 e. The molecule has 0 radical (unpaired) electrons. The Labute approximate surface area is 87.2 Å². The van der Waals surface area contributed by atoms with E-state index in [2.05, 4.69) is 11.9 Å². The highest BCUT2D eigenvalue weighted by molar-refractivity contribution is 5.88. The molecule has 1 aliphatic heterocycles. The Morgan fingerprint density at radius 2 is 2.47 bits per heavy atom. The summed E-state index contributed by atoms with van der Waals surface area (Å²) in [7, 11) is 0. The quantitative estimate of drug-likeness (QED) is 0.271. The minimum absolute atomic E-state index is 0.0838. The molecular weight excluding hydrogens is 201 g/mol. The minimum atomic E-state index is -0.772. The van der Waals surface area contributed by atoms with E-state index < -0.39 is 5.95 Å². The predicted octanol–water partition coefficient (Wildman–Crippen LogP) is 0.600. The van der Waals surface area contributed by atoms with Gasteiger partial charge in [0.15, 0.2) is 11.8 Å². The second-order valence-corrected chi connectivity index (χ2v) is 3.10. The number of nitrogens with one attached hydrogen (secondary N) is 2. The molecule has 15 heavy (non-hydrogen) atoms. The third-order valence-corrected chi connectivity index (χ3v) is 1.74. The minimum Gasteiger partial charge on any atom is -0.474 e. The summed E-state index contributed by atoms with van der Waals surface area (Å²) >= 11 is 0. The normalized spacial score (nSPS) is 21.1. The fraction of sp³-hybridized carbons (Fsp3) is 0.444. The Bertz CT molecular complexity index is 285. The topological polar surface area (TPSA) is 80.4 Å². The number of rotatable bonds is 5. The van der Waals surface area contributed by atoms with Crippen LogP contribution < -0.4 is 11.1 Å². The lowest BCUT2D eigenvalue weighted by molar-refractivity contribution is 0.0830. The lowest BCUT2D eigenvalue weighted by Gasteiger charge is -2.14. The first-order valence-electron chi connectivity index (χ1n) is 4.49. The molecule has 1 aliphatic rings. The molecule has 0 aromatic rings. The number of nitrogens with two attached hydrogens (primary N) is 1. The van der Waals surface area contributed by atoms with E-state index in [9.17, 15) is 4.39 Å². The van der Waals surface area contributed by atoms with E-state index in [1.807, 2.05) is 0 Å². The van der Waals surface area contributed by atoms with Gasteiger partial charge in [-0.05, 0) is 6.58 Å². The Kier molecular flexibility index (Phi) is 4.11. The van der Waals surface area contributed by atoms with E-state index in [1.165, 1.54) is 0 Å². The van der Waals surface area contributed by atoms with Crippen molar-refractivity contribution < 1.29 is 13.9 Å². The van der Waals surface area contributed by atoms with E-state index in [0.29, 0.717) is 13.2 Å². The van der Waals surface area contributed by atoms with Crippen molar-refractivity contribution in [2.75, 3.05) is 13.2 Å². The highest BCUT2D eigenvalue weighted by atomic mass is 19.1. The van der Waals surface area contributed by atoms with Crippen molar-refractivity contribution in [2.45, 2.75) is 12.5 Å². The molecule has 5 nitrogen and oxygen atoms in total. The summed E-state index contributed by atoms with van der Waals surface area (Å²) in [5.74, 6) is -1.07. The molecule has 0 saturated carbocycles. The van der Waals surface area contributed by atoms with Gasteiger partial charge in [-0.25, -0.2) is 0 Å². The highest BCUT2D eigenvalue weighted by Crippen LogP contribution is 2.11. The zero-order valence-electron chi connectivity index (χ0n) is 8.25. The molecule has 0 spiro atoms. The first-order chi connectivity index (χ1) is 7.08. The molecular formula is C9H14FN3O2. The van der Waals surface area contributed by atoms with Crippen LogP contribution in [0.15, 0.2) is 24.5 Å². The molecule has 0 aromatic carbocycles. The number of amidine groups is 1. The lowest BCUT2D eigenvalue weighted by atomic mass is 10.3. The van der Waals surface area contributed by atoms with Crippen molar-refractivity contribution in [3.05, 3.63) is 24.5 Å². The van der Waals surface area contributed by atoms with Gasteiger partial charge in [0.2, 0.25) is 0 Å². The van der Waals surface area contributed by atoms with Gasteiger partial charge in [-0.15, -0.1) is 0 Å². The van der Waals surface area contributed by atoms with Gasteiger partial charge in [-0.2, -0.15) is 4.39 Å². The van der Waals surface area contributed by atoms with E-state index in [1.54, 1.807) is 0 Å². The molecule has 0 aliphatic carbocycles. The van der Waals surface area contributed by atoms with Crippen molar-refractivity contribution in [3.63, 3.8) is 0 Å². The number of ether oxygens (including phenoxy) is 2. The summed E-state index contributed by atoms with van der Waals surface area (Å²) in [6.07, 6.45) is 1.51. The molecule has 4 N–H and O–H groups in total. The summed E-state index contributed by atoms with van der Waals surface area (Å²) < 4.78 is 23.2. The standard InChI is InChI=1S/C9H14FN3O2/c1-6(13-8(10)4-9(11)12)15-7-2-3-14-5-7/h4,7,13H,1-3,5H2,(H3,11,12)/t7-/m1/s1. The van der Waals surface area contributed by atoms with Gasteiger partial charge in [-0.1, -0.05) is 0 Å². The zero-order valence-corrected chi connectivity index (χ0v) is 8.25. The van der Waals surface area contributed by atoms with Gasteiger partial charge in [-0.3, -0.25) is 5.41 Å². The van der Waals surface area contributed by atoms with Crippen molar-refractivity contribution in [1.29, 1.82) is 5.41 Å². The summed E-state index contributed by atoms with van der Waals surface area (Å²) in [6, 6.07) is 0. The summed E-state index contributed by atoms with van der Waals surface area (Å²) in [5, 5.41) is 9.06. The van der Waals surface area contributed by atoms with Crippen LogP contribution in [0.4, 0.5) is 4.39 Å². The molecule has 1 saturated heterocycles. The van der Waals surface area contributed by atoms with Crippen LogP contribution in [-0.4, -0.2) is 25.2 Å². The van der Waals surface area contributed by atoms with Crippen LogP contribution >= 0.6 is 0 Å². The third-order valence-electron chi connectivity index (χ3n) is 1.74. The second-order valence-electron chi connectivity index (χ2n) is 3.10. The molecule has 84 valence electrons. The molecule has 0 amide bonds. The Hall–Kier alpha value is -1.56.